The molecule has 0 bridgehead atoms. The van der Waals surface area contributed by atoms with E-state index in [2.05, 4.69) is 0 Å². The van der Waals surface area contributed by atoms with E-state index in [0.29, 0.717) is 5.69 Å². The van der Waals surface area contributed by atoms with E-state index in [1.54, 1.807) is 24.3 Å². The van der Waals surface area contributed by atoms with Gasteiger partial charge in [-0.2, -0.15) is 0 Å². The maximum absolute atomic E-state index is 12.3. The van der Waals surface area contributed by atoms with Crippen molar-refractivity contribution in [2.24, 2.45) is 5.73 Å². The van der Waals surface area contributed by atoms with Crippen molar-refractivity contribution in [3.05, 3.63) is 52.9 Å². The smallest absolute Gasteiger partial charge is 0.290 e. The molecule has 0 aliphatic heterocycles. The van der Waals surface area contributed by atoms with Gasteiger partial charge in [-0.3, -0.25) is 9.59 Å². The quantitative estimate of drug-likeness (QED) is 0.820. The molecule has 2 rings (SSSR count). The van der Waals surface area contributed by atoms with Crippen molar-refractivity contribution in [1.29, 1.82) is 0 Å². The van der Waals surface area contributed by atoms with E-state index >= 15 is 0 Å². The monoisotopic (exact) mass is 307 g/mol. The highest BCUT2D eigenvalue weighted by atomic mass is 35.5. The van der Waals surface area contributed by atoms with E-state index in [1.807, 2.05) is 0 Å². The highest BCUT2D eigenvalue weighted by Crippen LogP contribution is 2.17. The van der Waals surface area contributed by atoms with Crippen LogP contribution in [0.1, 0.15) is 16.1 Å². The van der Waals surface area contributed by atoms with Crippen molar-refractivity contribution in [2.75, 3.05) is 12.3 Å². The summed E-state index contributed by atoms with van der Waals surface area (Å²) in [6, 6.07) is 9.91. The molecule has 7 heteroatoms. The van der Waals surface area contributed by atoms with Crippen LogP contribution in [0.5, 0.6) is 0 Å². The van der Waals surface area contributed by atoms with Crippen molar-refractivity contribution in [3.63, 3.8) is 0 Å². The van der Waals surface area contributed by atoms with Gasteiger partial charge in [0, 0.05) is 12.2 Å². The normalized spacial score (nSPS) is 10.3. The molecular weight excluding hydrogens is 294 g/mol. The van der Waals surface area contributed by atoms with Crippen molar-refractivity contribution in [1.82, 2.24) is 4.90 Å². The lowest BCUT2D eigenvalue weighted by molar-refractivity contribution is -0.118. The molecule has 0 aliphatic rings. The molecule has 21 heavy (non-hydrogen) atoms. The minimum absolute atomic E-state index is 0.0464. The van der Waals surface area contributed by atoms with E-state index in [1.165, 1.54) is 17.0 Å². The molecule has 2 amide bonds. The predicted octanol–water partition coefficient (Wildman–Crippen LogP) is 1.64. The first-order valence-electron chi connectivity index (χ1n) is 6.13. The lowest BCUT2D eigenvalue weighted by Gasteiger charge is -2.20. The Balaban J connectivity index is 2.21. The summed E-state index contributed by atoms with van der Waals surface area (Å²) < 4.78 is 5.07. The van der Waals surface area contributed by atoms with Gasteiger partial charge < -0.3 is 20.8 Å². The molecule has 1 aromatic carbocycles. The van der Waals surface area contributed by atoms with Crippen molar-refractivity contribution >= 4 is 29.1 Å². The van der Waals surface area contributed by atoms with Crippen molar-refractivity contribution in [3.8, 4) is 0 Å². The second kappa shape index (κ2) is 6.32. The molecule has 2 aromatic rings. The van der Waals surface area contributed by atoms with Crippen LogP contribution in [-0.2, 0) is 11.3 Å². The van der Waals surface area contributed by atoms with Gasteiger partial charge in [0.25, 0.3) is 5.91 Å². The highest BCUT2D eigenvalue weighted by molar-refractivity contribution is 6.29. The second-order valence-corrected chi connectivity index (χ2v) is 4.85. The average molecular weight is 308 g/mol. The predicted molar refractivity (Wildman–Crippen MR) is 78.5 cm³/mol. The van der Waals surface area contributed by atoms with Crippen LogP contribution < -0.4 is 11.5 Å². The van der Waals surface area contributed by atoms with Crippen LogP contribution in [0, 0.1) is 0 Å². The topological polar surface area (TPSA) is 103 Å². The van der Waals surface area contributed by atoms with Gasteiger partial charge in [-0.05, 0) is 41.4 Å². The third kappa shape index (κ3) is 4.00. The molecule has 110 valence electrons. The number of nitrogens with zero attached hydrogens (tertiary/aromatic N) is 1. The zero-order chi connectivity index (χ0) is 15.4. The molecule has 4 N–H and O–H groups in total. The molecule has 0 fully saturated rings. The third-order valence-corrected chi connectivity index (χ3v) is 2.95. The van der Waals surface area contributed by atoms with Crippen molar-refractivity contribution < 1.29 is 14.0 Å². The van der Waals surface area contributed by atoms with E-state index in [0.717, 1.165) is 5.56 Å². The summed E-state index contributed by atoms with van der Waals surface area (Å²) >= 11 is 5.65. The zero-order valence-corrected chi connectivity index (χ0v) is 11.8. The van der Waals surface area contributed by atoms with Crippen LogP contribution in [0.3, 0.4) is 0 Å². The number of halogens is 1. The lowest BCUT2D eigenvalue weighted by Crippen LogP contribution is -2.37. The summed E-state index contributed by atoms with van der Waals surface area (Å²) in [6.07, 6.45) is 0. The molecular formula is C14H14ClN3O3. The summed E-state index contributed by atoms with van der Waals surface area (Å²) in [4.78, 5) is 24.7. The Morgan fingerprint density at radius 2 is 2.00 bits per heavy atom. The maximum Gasteiger partial charge on any atom is 0.290 e. The first-order chi connectivity index (χ1) is 9.95. The molecule has 0 saturated carbocycles. The Morgan fingerprint density at radius 1 is 1.24 bits per heavy atom. The Hall–Kier alpha value is -2.47. The third-order valence-electron chi connectivity index (χ3n) is 2.74. The van der Waals surface area contributed by atoms with Gasteiger partial charge in [-0.15, -0.1) is 0 Å². The minimum atomic E-state index is -0.620. The summed E-state index contributed by atoms with van der Waals surface area (Å²) in [6.45, 7) is -0.0446. The fraction of sp³-hybridized carbons (Fsp3) is 0.143. The maximum atomic E-state index is 12.3. The fourth-order valence-corrected chi connectivity index (χ4v) is 2.03. The molecule has 0 aliphatic carbocycles. The van der Waals surface area contributed by atoms with E-state index in [-0.39, 0.29) is 24.1 Å². The number of hydrogen-bond acceptors (Lipinski definition) is 4. The van der Waals surface area contributed by atoms with Gasteiger partial charge in [0.2, 0.25) is 5.91 Å². The molecule has 1 aromatic heterocycles. The summed E-state index contributed by atoms with van der Waals surface area (Å²) in [5.41, 5.74) is 12.2. The Labute approximate surface area is 126 Å². The Bertz CT molecular complexity index is 669. The van der Waals surface area contributed by atoms with Gasteiger partial charge in [0.15, 0.2) is 11.0 Å². The average Bonchev–Trinajstić information content (AvgIpc) is 2.83. The SMILES string of the molecule is NC(=O)CN(Cc1cccc(N)c1)C(=O)c1ccc(Cl)o1. The standard InChI is InChI=1S/C14H14ClN3O3/c15-12-5-4-11(21-12)14(20)18(8-13(17)19)7-9-2-1-3-10(16)6-9/h1-6H,7-8,16H2,(H2,17,19). The van der Waals surface area contributed by atoms with E-state index < -0.39 is 11.8 Å². The van der Waals surface area contributed by atoms with Gasteiger partial charge in [-0.25, -0.2) is 0 Å². The van der Waals surface area contributed by atoms with Crippen LogP contribution in [0.25, 0.3) is 0 Å². The molecule has 1 heterocycles. The van der Waals surface area contributed by atoms with Crippen molar-refractivity contribution in [2.45, 2.75) is 6.54 Å². The summed E-state index contributed by atoms with van der Waals surface area (Å²) in [5.74, 6) is -1.04. The Morgan fingerprint density at radius 3 is 2.57 bits per heavy atom. The molecule has 0 spiro atoms. The minimum Gasteiger partial charge on any atom is -0.440 e. The largest absolute Gasteiger partial charge is 0.440 e. The molecule has 6 nitrogen and oxygen atoms in total. The van der Waals surface area contributed by atoms with Gasteiger partial charge >= 0.3 is 0 Å². The van der Waals surface area contributed by atoms with Crippen LogP contribution in [0.2, 0.25) is 5.22 Å². The number of hydrogen-bond donors (Lipinski definition) is 2. The summed E-state index contributed by atoms with van der Waals surface area (Å²) in [7, 11) is 0. The zero-order valence-electron chi connectivity index (χ0n) is 11.1. The first kappa shape index (κ1) is 14.9. The summed E-state index contributed by atoms with van der Waals surface area (Å²) in [5, 5.41) is 0.0985. The van der Waals surface area contributed by atoms with Crippen LogP contribution in [-0.4, -0.2) is 23.3 Å². The molecule has 0 saturated heterocycles. The molecule has 0 radical (unpaired) electrons. The lowest BCUT2D eigenvalue weighted by atomic mass is 10.2. The van der Waals surface area contributed by atoms with Gasteiger partial charge in [-0.1, -0.05) is 12.1 Å². The number of primary amides is 1. The van der Waals surface area contributed by atoms with Crippen LogP contribution in [0.15, 0.2) is 40.8 Å². The van der Waals surface area contributed by atoms with Gasteiger partial charge in [0.1, 0.15) is 6.54 Å². The molecule has 0 unspecified atom stereocenters. The number of carbonyl (C=O) groups is 2. The van der Waals surface area contributed by atoms with E-state index in [9.17, 15) is 9.59 Å². The first-order valence-corrected chi connectivity index (χ1v) is 6.51. The number of furan rings is 1. The van der Waals surface area contributed by atoms with Gasteiger partial charge in [0.05, 0.1) is 0 Å². The number of rotatable bonds is 5. The fourth-order valence-electron chi connectivity index (χ4n) is 1.88. The van der Waals surface area contributed by atoms with Crippen LogP contribution >= 0.6 is 11.6 Å². The number of nitrogens with two attached hydrogens (primary N) is 2. The number of carbonyl (C=O) groups excluding carboxylic acids is 2. The molecule has 0 atom stereocenters. The Kier molecular flexibility index (Phi) is 4.49. The highest BCUT2D eigenvalue weighted by Gasteiger charge is 2.21. The number of anilines is 1. The van der Waals surface area contributed by atoms with Crippen LogP contribution in [0.4, 0.5) is 5.69 Å². The second-order valence-electron chi connectivity index (χ2n) is 4.48. The van der Waals surface area contributed by atoms with E-state index in [4.69, 9.17) is 27.5 Å². The number of amides is 2. The number of benzene rings is 1. The number of nitrogen functional groups attached to an aromatic ring is 1.